The van der Waals surface area contributed by atoms with Crippen molar-refractivity contribution in [3.05, 3.63) is 223 Å². The Morgan fingerprint density at radius 1 is 0.421 bits per heavy atom. The van der Waals surface area contributed by atoms with Gasteiger partial charge in [-0.1, -0.05) is 187 Å². The molecular formula is C70H53BN2O2S. The van der Waals surface area contributed by atoms with Crippen LogP contribution >= 0.6 is 11.3 Å². The summed E-state index contributed by atoms with van der Waals surface area (Å²) in [5.74, 6) is 0.851. The Hall–Kier alpha value is -8.58. The molecule has 2 aliphatic heterocycles. The van der Waals surface area contributed by atoms with Crippen molar-refractivity contribution in [1.82, 2.24) is 0 Å². The SMILES string of the molecule is CC(C)(C)c1ccc(N2B3c4cc5oc(-c6ccccc6)c(-c6ccccc6)c5cc4N(c4ccc(C(C)(C)C)cc4-c4ccccc4)c4c3c(cc3c4oc4ccccc43)-c3cc4c(cc32)sc2ccccc24)cc1. The van der Waals surface area contributed by atoms with Gasteiger partial charge in [0.05, 0.1) is 11.4 Å². The van der Waals surface area contributed by atoms with E-state index < -0.39 is 0 Å². The number of para-hydroxylation sites is 1. The molecule has 0 aliphatic carbocycles. The van der Waals surface area contributed by atoms with Crippen LogP contribution in [0, 0.1) is 0 Å². The third kappa shape index (κ3) is 6.76. The van der Waals surface area contributed by atoms with Crippen molar-refractivity contribution in [2.45, 2.75) is 52.4 Å². The predicted molar refractivity (Wildman–Crippen MR) is 324 cm³/mol. The first-order chi connectivity index (χ1) is 37.0. The van der Waals surface area contributed by atoms with Crippen molar-refractivity contribution < 1.29 is 8.83 Å². The van der Waals surface area contributed by atoms with Gasteiger partial charge in [0.15, 0.2) is 5.58 Å². The zero-order valence-electron chi connectivity index (χ0n) is 43.4. The maximum Gasteiger partial charge on any atom is 0.333 e. The fourth-order valence-electron chi connectivity index (χ4n) is 12.4. The van der Waals surface area contributed by atoms with Crippen LogP contribution in [0.5, 0.6) is 0 Å². The van der Waals surface area contributed by atoms with Crippen LogP contribution in [0.4, 0.5) is 28.4 Å². The molecule has 2 aliphatic rings. The van der Waals surface area contributed by atoms with Crippen LogP contribution < -0.4 is 20.6 Å². The van der Waals surface area contributed by atoms with E-state index in [2.05, 4.69) is 264 Å². The van der Waals surface area contributed by atoms with Crippen LogP contribution in [0.1, 0.15) is 52.7 Å². The second-order valence-electron chi connectivity index (χ2n) is 22.8. The number of furan rings is 2. The van der Waals surface area contributed by atoms with Gasteiger partial charge in [0, 0.05) is 75.6 Å². The van der Waals surface area contributed by atoms with Crippen LogP contribution in [0.25, 0.3) is 97.8 Å². The molecule has 13 aromatic rings. The fraction of sp³-hybridized carbons (Fsp3) is 0.114. The number of rotatable bonds is 5. The lowest BCUT2D eigenvalue weighted by molar-refractivity contribution is 0.590. The zero-order chi connectivity index (χ0) is 51.2. The standard InChI is InChI=1S/C70H53BN2O2S/c1-69(2,3)45-30-33-47(34-31-45)73-58-41-63-52(49-27-17-19-29-62(49)76-63)37-51(58)53-38-54-48-26-16-18-28-60(48)74-68(54)66-65(53)71(73)56-40-61-55(64(43-22-12-8-13-23-43)67(75-61)44-24-14-9-15-25-44)39-59(56)72(66)57-35-32-46(70(4,5)6)36-50(57)42-20-10-7-11-21-42/h7-41H,1-6H3. The summed E-state index contributed by atoms with van der Waals surface area (Å²) in [4.78, 5) is 5.20. The summed E-state index contributed by atoms with van der Waals surface area (Å²) in [7, 11) is 0. The van der Waals surface area contributed by atoms with E-state index in [-0.39, 0.29) is 17.7 Å². The fourth-order valence-corrected chi connectivity index (χ4v) is 13.5. The molecule has 0 N–H and O–H groups in total. The van der Waals surface area contributed by atoms with Gasteiger partial charge in [0.1, 0.15) is 16.9 Å². The van der Waals surface area contributed by atoms with E-state index in [4.69, 9.17) is 8.83 Å². The predicted octanol–water partition coefficient (Wildman–Crippen LogP) is 19.0. The van der Waals surface area contributed by atoms with Crippen LogP contribution in [-0.2, 0) is 10.8 Å². The average molecular weight is 997 g/mol. The molecule has 6 heteroatoms. The van der Waals surface area contributed by atoms with Gasteiger partial charge >= 0.3 is 6.85 Å². The molecule has 0 spiro atoms. The first-order valence-electron chi connectivity index (χ1n) is 26.5. The Morgan fingerprint density at radius 2 is 1.05 bits per heavy atom. The molecule has 0 bridgehead atoms. The minimum Gasteiger partial charge on any atom is -0.455 e. The second-order valence-corrected chi connectivity index (χ2v) is 23.9. The van der Waals surface area contributed by atoms with Crippen molar-refractivity contribution in [1.29, 1.82) is 0 Å². The van der Waals surface area contributed by atoms with Crippen molar-refractivity contribution in [3.8, 4) is 44.7 Å². The number of thiophene rings is 1. The Kier molecular flexibility index (Phi) is 9.72. The third-order valence-corrected chi connectivity index (χ3v) is 17.3. The normalized spacial score (nSPS) is 13.3. The molecule has 76 heavy (non-hydrogen) atoms. The van der Waals surface area contributed by atoms with Gasteiger partial charge in [-0.15, -0.1) is 11.3 Å². The van der Waals surface area contributed by atoms with Crippen LogP contribution in [0.15, 0.2) is 221 Å². The molecule has 0 radical (unpaired) electrons. The summed E-state index contributed by atoms with van der Waals surface area (Å²) in [6, 6.07) is 78.5. The number of benzene rings is 10. The molecule has 0 amide bonds. The molecule has 3 aromatic heterocycles. The Balaban J connectivity index is 1.15. The number of anilines is 5. The Bertz CT molecular complexity index is 4480. The lowest BCUT2D eigenvalue weighted by Gasteiger charge is -2.46. The van der Waals surface area contributed by atoms with Crippen molar-refractivity contribution >= 4 is 111 Å². The highest BCUT2D eigenvalue weighted by atomic mass is 32.1. The minimum absolute atomic E-state index is 0.0248. The molecule has 0 saturated carbocycles. The van der Waals surface area contributed by atoms with Gasteiger partial charge in [0.2, 0.25) is 0 Å². The summed E-state index contributed by atoms with van der Waals surface area (Å²) < 4.78 is 17.3. The zero-order valence-corrected chi connectivity index (χ0v) is 44.2. The highest BCUT2D eigenvalue weighted by Crippen LogP contribution is 2.55. The van der Waals surface area contributed by atoms with Gasteiger partial charge < -0.3 is 18.5 Å². The largest absolute Gasteiger partial charge is 0.455 e. The van der Waals surface area contributed by atoms with E-state index in [9.17, 15) is 0 Å². The van der Waals surface area contributed by atoms with E-state index >= 15 is 0 Å². The smallest absolute Gasteiger partial charge is 0.333 e. The van der Waals surface area contributed by atoms with Crippen LogP contribution in [0.2, 0.25) is 0 Å². The molecule has 15 rings (SSSR count). The van der Waals surface area contributed by atoms with Crippen LogP contribution in [-0.4, -0.2) is 6.85 Å². The highest BCUT2D eigenvalue weighted by Gasteiger charge is 2.48. The summed E-state index contributed by atoms with van der Waals surface area (Å²) in [5.41, 5.74) is 20.7. The summed E-state index contributed by atoms with van der Waals surface area (Å²) in [6.07, 6.45) is 0. The van der Waals surface area contributed by atoms with Gasteiger partial charge in [-0.3, -0.25) is 0 Å². The summed E-state index contributed by atoms with van der Waals surface area (Å²) >= 11 is 1.87. The summed E-state index contributed by atoms with van der Waals surface area (Å²) in [6.45, 7) is 13.5. The second kappa shape index (κ2) is 16.5. The molecule has 4 nitrogen and oxygen atoms in total. The van der Waals surface area contributed by atoms with Gasteiger partial charge in [0.25, 0.3) is 0 Å². The number of hydrogen-bond acceptors (Lipinski definition) is 5. The molecule has 0 fully saturated rings. The molecule has 0 saturated heterocycles. The topological polar surface area (TPSA) is 32.8 Å². The average Bonchev–Trinajstić information content (AvgIpc) is 4.20. The molecule has 364 valence electrons. The van der Waals surface area contributed by atoms with Gasteiger partial charge in [-0.2, -0.15) is 0 Å². The van der Waals surface area contributed by atoms with E-state index in [1.54, 1.807) is 0 Å². The first-order valence-corrected chi connectivity index (χ1v) is 27.3. The quantitative estimate of drug-likeness (QED) is 0.161. The highest BCUT2D eigenvalue weighted by molar-refractivity contribution is 7.25. The number of fused-ring (bicyclic) bond motifs is 12. The van der Waals surface area contributed by atoms with E-state index in [0.717, 1.165) is 94.7 Å². The number of hydrogen-bond donors (Lipinski definition) is 0. The van der Waals surface area contributed by atoms with Crippen LogP contribution in [0.3, 0.4) is 0 Å². The van der Waals surface area contributed by atoms with Crippen molar-refractivity contribution in [2.24, 2.45) is 0 Å². The molecule has 5 heterocycles. The first kappa shape index (κ1) is 44.9. The Labute approximate surface area is 447 Å². The van der Waals surface area contributed by atoms with Crippen molar-refractivity contribution in [3.63, 3.8) is 0 Å². The summed E-state index contributed by atoms with van der Waals surface area (Å²) in [5, 5.41) is 5.78. The third-order valence-electron chi connectivity index (χ3n) is 16.2. The molecule has 0 atom stereocenters. The monoisotopic (exact) mass is 996 g/mol. The van der Waals surface area contributed by atoms with Gasteiger partial charge in [-0.25, -0.2) is 0 Å². The number of nitrogens with zero attached hydrogens (tertiary/aromatic N) is 2. The lowest BCUT2D eigenvalue weighted by atomic mass is 9.43. The van der Waals surface area contributed by atoms with Gasteiger partial charge in [-0.05, 0) is 116 Å². The van der Waals surface area contributed by atoms with E-state index in [1.807, 2.05) is 11.3 Å². The lowest BCUT2D eigenvalue weighted by Crippen LogP contribution is -2.61. The van der Waals surface area contributed by atoms with Crippen molar-refractivity contribution in [2.75, 3.05) is 9.71 Å². The minimum atomic E-state index is -0.308. The maximum absolute atomic E-state index is 7.38. The Morgan fingerprint density at radius 3 is 1.78 bits per heavy atom. The van der Waals surface area contributed by atoms with E-state index in [0.29, 0.717) is 0 Å². The van der Waals surface area contributed by atoms with E-state index in [1.165, 1.54) is 53.6 Å². The maximum atomic E-state index is 7.38. The molecule has 10 aromatic carbocycles. The molecular weight excluding hydrogens is 944 g/mol. The molecule has 0 unspecified atom stereocenters.